The molecule has 1 aliphatic rings. The number of hydrogen-bond donors (Lipinski definition) is 3. The first kappa shape index (κ1) is 29.3. The highest BCUT2D eigenvalue weighted by molar-refractivity contribution is 5.77. The average Bonchev–Trinajstić information content (AvgIpc) is 3.27. The lowest BCUT2D eigenvalue weighted by Gasteiger charge is -2.25. The smallest absolute Gasteiger partial charge is 0.326 e. The highest BCUT2D eigenvalue weighted by atomic mass is 16.4. The van der Waals surface area contributed by atoms with Gasteiger partial charge in [-0.15, -0.1) is 0 Å². The van der Waals surface area contributed by atoms with Gasteiger partial charge in [-0.25, -0.2) is 19.7 Å². The highest BCUT2D eigenvalue weighted by Gasteiger charge is 2.20. The Morgan fingerprint density at radius 3 is 2.75 bits per heavy atom. The van der Waals surface area contributed by atoms with E-state index in [-0.39, 0.29) is 0 Å². The second-order valence-corrected chi connectivity index (χ2v) is 10.8. The SMILES string of the molecule is Cc1cc(C)n(CCN(CCCCc2ccc3c(n2)NCCC3)CC[C@H](Nc2cc(N(C)C)ncn2)C(=O)O)n1. The van der Waals surface area contributed by atoms with E-state index in [0.717, 1.165) is 87.0 Å². The Hall–Kier alpha value is -3.73. The molecule has 0 amide bonds. The van der Waals surface area contributed by atoms with Crippen LogP contribution in [0.15, 0.2) is 30.6 Å². The van der Waals surface area contributed by atoms with E-state index in [4.69, 9.17) is 4.98 Å². The van der Waals surface area contributed by atoms with E-state index in [2.05, 4.69) is 55.7 Å². The van der Waals surface area contributed by atoms with Crippen molar-refractivity contribution in [1.82, 2.24) is 29.6 Å². The molecule has 0 fully saturated rings. The molecule has 0 saturated carbocycles. The van der Waals surface area contributed by atoms with Crippen LogP contribution in [0.4, 0.5) is 17.5 Å². The van der Waals surface area contributed by atoms with Crippen LogP contribution in [-0.2, 0) is 24.2 Å². The van der Waals surface area contributed by atoms with Crippen molar-refractivity contribution >= 4 is 23.4 Å². The number of anilines is 3. The van der Waals surface area contributed by atoms with Crippen LogP contribution < -0.4 is 15.5 Å². The number of carboxylic acid groups (broad SMARTS) is 1. The first-order valence-electron chi connectivity index (χ1n) is 14.2. The Labute approximate surface area is 237 Å². The summed E-state index contributed by atoms with van der Waals surface area (Å²) in [7, 11) is 3.78. The normalized spacial score (nSPS) is 13.5. The van der Waals surface area contributed by atoms with Crippen LogP contribution in [-0.4, -0.2) is 87.0 Å². The summed E-state index contributed by atoms with van der Waals surface area (Å²) < 4.78 is 2.03. The van der Waals surface area contributed by atoms with Crippen molar-refractivity contribution < 1.29 is 9.90 Å². The number of rotatable bonds is 15. The zero-order chi connectivity index (χ0) is 28.5. The lowest BCUT2D eigenvalue weighted by molar-refractivity contribution is -0.138. The van der Waals surface area contributed by atoms with E-state index in [1.807, 2.05) is 30.6 Å². The summed E-state index contributed by atoms with van der Waals surface area (Å²) in [5.74, 6) is 1.38. The standard InChI is InChI=1S/C29H43N9O2/c1-21-18-22(2)38(35-21)17-16-37(14-6-5-9-24-11-10-23-8-7-13-30-28(23)33-24)15-12-25(29(39)40)34-26-19-27(36(3)4)32-20-31-26/h10-11,18-20,25H,5-9,12-17H2,1-4H3,(H,30,33)(H,39,40)(H,31,32,34)/t25-/m0/s1. The number of unbranched alkanes of at least 4 members (excludes halogenated alkanes) is 1. The molecule has 4 rings (SSSR count). The summed E-state index contributed by atoms with van der Waals surface area (Å²) in [5.41, 5.74) is 4.58. The zero-order valence-corrected chi connectivity index (χ0v) is 24.2. The van der Waals surface area contributed by atoms with Gasteiger partial charge in [-0.1, -0.05) is 6.07 Å². The van der Waals surface area contributed by atoms with Crippen LogP contribution in [0.2, 0.25) is 0 Å². The maximum absolute atomic E-state index is 12.1. The van der Waals surface area contributed by atoms with Gasteiger partial charge in [0.1, 0.15) is 29.8 Å². The molecule has 0 unspecified atom stereocenters. The minimum absolute atomic E-state index is 0.450. The summed E-state index contributed by atoms with van der Waals surface area (Å²) in [4.78, 5) is 29.6. The number of carbonyl (C=O) groups is 1. The van der Waals surface area contributed by atoms with Gasteiger partial charge in [0.15, 0.2) is 0 Å². The molecule has 216 valence electrons. The van der Waals surface area contributed by atoms with Gasteiger partial charge < -0.3 is 25.5 Å². The Balaban J connectivity index is 1.34. The number of hydrogen-bond acceptors (Lipinski definition) is 9. The average molecular weight is 550 g/mol. The zero-order valence-electron chi connectivity index (χ0n) is 24.2. The lowest BCUT2D eigenvalue weighted by atomic mass is 10.1. The predicted octanol–water partition coefficient (Wildman–Crippen LogP) is 3.39. The summed E-state index contributed by atoms with van der Waals surface area (Å²) in [6.45, 7) is 8.16. The molecular formula is C29H43N9O2. The van der Waals surface area contributed by atoms with Gasteiger partial charge in [0.2, 0.25) is 0 Å². The number of nitrogens with one attached hydrogen (secondary N) is 2. The van der Waals surface area contributed by atoms with Crippen molar-refractivity contribution in [1.29, 1.82) is 0 Å². The molecule has 4 heterocycles. The largest absolute Gasteiger partial charge is 0.480 e. The molecule has 0 aromatic carbocycles. The van der Waals surface area contributed by atoms with Crippen molar-refractivity contribution in [3.8, 4) is 0 Å². The van der Waals surface area contributed by atoms with Crippen LogP contribution in [0.1, 0.15) is 48.3 Å². The lowest BCUT2D eigenvalue weighted by Crippen LogP contribution is -2.37. The van der Waals surface area contributed by atoms with Crippen LogP contribution in [0.5, 0.6) is 0 Å². The van der Waals surface area contributed by atoms with Gasteiger partial charge in [0, 0.05) is 51.2 Å². The minimum Gasteiger partial charge on any atom is -0.480 e. The van der Waals surface area contributed by atoms with Gasteiger partial charge >= 0.3 is 5.97 Å². The topological polar surface area (TPSA) is 124 Å². The van der Waals surface area contributed by atoms with Crippen molar-refractivity contribution in [2.45, 2.75) is 65.0 Å². The van der Waals surface area contributed by atoms with Crippen LogP contribution >= 0.6 is 0 Å². The monoisotopic (exact) mass is 549 g/mol. The number of fused-ring (bicyclic) bond motifs is 1. The van der Waals surface area contributed by atoms with E-state index < -0.39 is 12.0 Å². The van der Waals surface area contributed by atoms with Crippen LogP contribution in [0.25, 0.3) is 0 Å². The van der Waals surface area contributed by atoms with E-state index in [1.165, 1.54) is 11.9 Å². The van der Waals surface area contributed by atoms with E-state index >= 15 is 0 Å². The molecule has 0 bridgehead atoms. The fraction of sp³-hybridized carbons (Fsp3) is 0.552. The number of aromatic nitrogens is 5. The minimum atomic E-state index is -0.893. The molecule has 3 aromatic heterocycles. The number of aliphatic carboxylic acids is 1. The molecule has 0 radical (unpaired) electrons. The van der Waals surface area contributed by atoms with Crippen molar-refractivity contribution in [2.24, 2.45) is 0 Å². The van der Waals surface area contributed by atoms with E-state index in [1.54, 1.807) is 6.07 Å². The van der Waals surface area contributed by atoms with Gasteiger partial charge in [-0.3, -0.25) is 4.68 Å². The molecule has 1 aliphatic heterocycles. The first-order valence-corrected chi connectivity index (χ1v) is 14.2. The summed E-state index contributed by atoms with van der Waals surface area (Å²) >= 11 is 0. The molecule has 3 N–H and O–H groups in total. The molecular weight excluding hydrogens is 506 g/mol. The van der Waals surface area contributed by atoms with E-state index in [0.29, 0.717) is 18.8 Å². The van der Waals surface area contributed by atoms with Gasteiger partial charge in [0.05, 0.1) is 12.2 Å². The summed E-state index contributed by atoms with van der Waals surface area (Å²) in [6.07, 6.45) is 7.12. The van der Waals surface area contributed by atoms with Gasteiger partial charge in [0.25, 0.3) is 0 Å². The molecule has 40 heavy (non-hydrogen) atoms. The quantitative estimate of drug-likeness (QED) is 0.243. The molecule has 0 saturated heterocycles. The molecule has 11 nitrogen and oxygen atoms in total. The molecule has 1 atom stereocenters. The second kappa shape index (κ2) is 14.1. The van der Waals surface area contributed by atoms with Crippen molar-refractivity contribution in [3.05, 3.63) is 53.2 Å². The fourth-order valence-corrected chi connectivity index (χ4v) is 5.04. The Bertz CT molecular complexity index is 1260. The molecule has 0 aliphatic carbocycles. The van der Waals surface area contributed by atoms with Crippen LogP contribution in [0.3, 0.4) is 0 Å². The number of pyridine rings is 1. The van der Waals surface area contributed by atoms with Crippen molar-refractivity contribution in [3.63, 3.8) is 0 Å². The Kier molecular flexibility index (Phi) is 10.3. The second-order valence-electron chi connectivity index (χ2n) is 10.8. The fourth-order valence-electron chi connectivity index (χ4n) is 5.04. The predicted molar refractivity (Wildman–Crippen MR) is 158 cm³/mol. The highest BCUT2D eigenvalue weighted by Crippen LogP contribution is 2.20. The maximum atomic E-state index is 12.1. The summed E-state index contributed by atoms with van der Waals surface area (Å²) in [6, 6.07) is 7.46. The van der Waals surface area contributed by atoms with Crippen LogP contribution in [0, 0.1) is 13.8 Å². The van der Waals surface area contributed by atoms with E-state index in [9.17, 15) is 9.90 Å². The van der Waals surface area contributed by atoms with Gasteiger partial charge in [-0.2, -0.15) is 5.10 Å². The molecule has 3 aromatic rings. The Morgan fingerprint density at radius 1 is 1.15 bits per heavy atom. The number of carboxylic acids is 1. The molecule has 11 heteroatoms. The first-order chi connectivity index (χ1) is 19.3. The third-order valence-electron chi connectivity index (χ3n) is 7.31. The number of aryl methyl sites for hydroxylation is 4. The Morgan fingerprint density at radius 2 is 2.00 bits per heavy atom. The number of nitrogens with zero attached hydrogens (tertiary/aromatic N) is 7. The third kappa shape index (κ3) is 8.38. The van der Waals surface area contributed by atoms with Gasteiger partial charge in [-0.05, 0) is 76.6 Å². The maximum Gasteiger partial charge on any atom is 0.326 e. The molecule has 0 spiro atoms. The summed E-state index contributed by atoms with van der Waals surface area (Å²) in [5, 5.41) is 21.1. The van der Waals surface area contributed by atoms with Crippen molar-refractivity contribution in [2.75, 3.05) is 55.8 Å². The third-order valence-corrected chi connectivity index (χ3v) is 7.31.